The first-order valence-corrected chi connectivity index (χ1v) is 10.6. The number of carbonyl (C=O) groups is 2. The first-order chi connectivity index (χ1) is 14.8. The fraction of sp³-hybridized carbons (Fsp3) is 0.348. The molecule has 0 heterocycles. The fourth-order valence-electron chi connectivity index (χ4n) is 2.75. The number of anilines is 1. The van der Waals surface area contributed by atoms with Crippen LogP contribution >= 0.6 is 35.6 Å². The molecule has 0 fully saturated rings. The van der Waals surface area contributed by atoms with Gasteiger partial charge in [-0.1, -0.05) is 29.8 Å². The van der Waals surface area contributed by atoms with Gasteiger partial charge in [0, 0.05) is 39.2 Å². The van der Waals surface area contributed by atoms with E-state index in [1.165, 1.54) is 0 Å². The van der Waals surface area contributed by atoms with Crippen molar-refractivity contribution in [3.63, 3.8) is 0 Å². The number of carbonyl (C=O) groups excluding carboxylic acids is 2. The van der Waals surface area contributed by atoms with E-state index in [0.717, 1.165) is 11.1 Å². The second kappa shape index (κ2) is 13.9. The number of nitrogens with zero attached hydrogens (tertiary/aromatic N) is 2. The van der Waals surface area contributed by atoms with Crippen molar-refractivity contribution < 1.29 is 9.59 Å². The molecule has 0 atom stereocenters. The molecule has 2 rings (SSSR count). The van der Waals surface area contributed by atoms with Crippen LogP contribution in [0.3, 0.4) is 0 Å². The van der Waals surface area contributed by atoms with E-state index < -0.39 is 0 Å². The Hall–Kier alpha value is -2.33. The molecule has 0 aliphatic carbocycles. The molecule has 32 heavy (non-hydrogen) atoms. The fourth-order valence-corrected chi connectivity index (χ4v) is 3.03. The van der Waals surface area contributed by atoms with Gasteiger partial charge >= 0.3 is 0 Å². The lowest BCUT2D eigenvalue weighted by atomic mass is 10.1. The van der Waals surface area contributed by atoms with Gasteiger partial charge in [-0.05, 0) is 49.2 Å². The van der Waals surface area contributed by atoms with Gasteiger partial charge in [0.2, 0.25) is 5.91 Å². The molecular weight excluding hydrogens is 541 g/mol. The molecule has 0 aliphatic rings. The van der Waals surface area contributed by atoms with E-state index in [1.807, 2.05) is 38.1 Å². The van der Waals surface area contributed by atoms with E-state index >= 15 is 0 Å². The number of aryl methyl sites for hydroxylation is 1. The van der Waals surface area contributed by atoms with Gasteiger partial charge in [0.15, 0.2) is 5.96 Å². The van der Waals surface area contributed by atoms with Crippen LogP contribution in [0, 0.1) is 6.92 Å². The Morgan fingerprint density at radius 3 is 2.34 bits per heavy atom. The number of aliphatic imine (C=N–C) groups is 1. The summed E-state index contributed by atoms with van der Waals surface area (Å²) in [7, 11) is 3.45. The van der Waals surface area contributed by atoms with E-state index in [4.69, 9.17) is 11.6 Å². The van der Waals surface area contributed by atoms with Crippen molar-refractivity contribution in [1.29, 1.82) is 0 Å². The number of benzene rings is 2. The van der Waals surface area contributed by atoms with E-state index in [1.54, 1.807) is 37.2 Å². The van der Waals surface area contributed by atoms with E-state index in [9.17, 15) is 9.59 Å². The van der Waals surface area contributed by atoms with Crippen molar-refractivity contribution in [2.75, 3.05) is 32.5 Å². The number of amides is 2. The van der Waals surface area contributed by atoms with Gasteiger partial charge in [0.05, 0.1) is 17.3 Å². The highest BCUT2D eigenvalue weighted by Crippen LogP contribution is 2.22. The van der Waals surface area contributed by atoms with Gasteiger partial charge in [-0.25, -0.2) is 4.99 Å². The monoisotopic (exact) mass is 571 g/mol. The number of nitrogens with one attached hydrogen (secondary N) is 3. The summed E-state index contributed by atoms with van der Waals surface area (Å²) in [5, 5.41) is 9.67. The highest BCUT2D eigenvalue weighted by Gasteiger charge is 2.08. The number of rotatable bonds is 8. The van der Waals surface area contributed by atoms with Gasteiger partial charge in [0.25, 0.3) is 5.91 Å². The molecule has 0 bridgehead atoms. The Morgan fingerprint density at radius 1 is 1.06 bits per heavy atom. The predicted octanol–water partition coefficient (Wildman–Crippen LogP) is 4.05. The van der Waals surface area contributed by atoms with Crippen LogP contribution < -0.4 is 16.0 Å². The summed E-state index contributed by atoms with van der Waals surface area (Å²) in [5.41, 5.74) is 3.27. The van der Waals surface area contributed by atoms with Gasteiger partial charge in [-0.3, -0.25) is 9.59 Å². The summed E-state index contributed by atoms with van der Waals surface area (Å²) < 4.78 is 0. The molecule has 0 saturated carbocycles. The third-order valence-corrected chi connectivity index (χ3v) is 4.73. The van der Waals surface area contributed by atoms with Gasteiger partial charge in [-0.2, -0.15) is 0 Å². The number of hydrogen-bond donors (Lipinski definition) is 3. The predicted molar refractivity (Wildman–Crippen MR) is 142 cm³/mol. The third kappa shape index (κ3) is 9.04. The molecule has 7 nitrogen and oxygen atoms in total. The Morgan fingerprint density at radius 2 is 1.75 bits per heavy atom. The van der Waals surface area contributed by atoms with E-state index in [2.05, 4.69) is 20.9 Å². The van der Waals surface area contributed by atoms with Crippen LogP contribution in [0.4, 0.5) is 5.69 Å². The molecule has 0 spiro atoms. The Kier molecular flexibility index (Phi) is 12.1. The van der Waals surface area contributed by atoms with E-state index in [-0.39, 0.29) is 42.2 Å². The van der Waals surface area contributed by atoms with Crippen LogP contribution in [0.5, 0.6) is 0 Å². The van der Waals surface area contributed by atoms with Crippen LogP contribution in [-0.4, -0.2) is 49.9 Å². The molecule has 0 aromatic heterocycles. The maximum absolute atomic E-state index is 12.2. The summed E-state index contributed by atoms with van der Waals surface area (Å²) in [6, 6.07) is 12.9. The van der Waals surface area contributed by atoms with Crippen molar-refractivity contribution >= 4 is 59.0 Å². The molecule has 2 amide bonds. The van der Waals surface area contributed by atoms with E-state index in [0.29, 0.717) is 41.9 Å². The first kappa shape index (κ1) is 27.7. The summed E-state index contributed by atoms with van der Waals surface area (Å²) in [6.45, 7) is 5.51. The van der Waals surface area contributed by atoms with Crippen molar-refractivity contribution in [2.45, 2.75) is 26.8 Å². The summed E-state index contributed by atoms with van der Waals surface area (Å²) >= 11 is 6.16. The van der Waals surface area contributed by atoms with Crippen molar-refractivity contribution in [3.05, 3.63) is 64.2 Å². The minimum Gasteiger partial charge on any atom is -0.357 e. The second-order valence-corrected chi connectivity index (χ2v) is 7.71. The lowest BCUT2D eigenvalue weighted by Gasteiger charge is -2.12. The normalized spacial score (nSPS) is 10.7. The minimum atomic E-state index is -0.129. The molecule has 0 radical (unpaired) electrons. The molecule has 2 aromatic rings. The minimum absolute atomic E-state index is 0. The molecular formula is C23H31ClIN5O2. The molecule has 9 heteroatoms. The zero-order valence-corrected chi connectivity index (χ0v) is 22.0. The largest absolute Gasteiger partial charge is 0.357 e. The maximum atomic E-state index is 12.2. The van der Waals surface area contributed by atoms with Crippen LogP contribution in [0.25, 0.3) is 0 Å². The maximum Gasteiger partial charge on any atom is 0.253 e. The third-order valence-electron chi connectivity index (χ3n) is 4.41. The Bertz CT molecular complexity index is 932. The molecule has 3 N–H and O–H groups in total. The Labute approximate surface area is 212 Å². The highest BCUT2D eigenvalue weighted by atomic mass is 127. The number of guanidine groups is 1. The number of hydrogen-bond acceptors (Lipinski definition) is 3. The zero-order chi connectivity index (χ0) is 22.8. The van der Waals surface area contributed by atoms with Crippen LogP contribution in [-0.2, 0) is 11.3 Å². The molecule has 174 valence electrons. The average molecular weight is 572 g/mol. The molecule has 0 unspecified atom stereocenters. The summed E-state index contributed by atoms with van der Waals surface area (Å²) in [4.78, 5) is 30.3. The summed E-state index contributed by atoms with van der Waals surface area (Å²) in [5.74, 6) is 0.461. The quantitative estimate of drug-likeness (QED) is 0.254. The summed E-state index contributed by atoms with van der Waals surface area (Å²) in [6.07, 6.45) is 0.274. The first-order valence-electron chi connectivity index (χ1n) is 10.2. The molecule has 2 aromatic carbocycles. The molecule has 0 aliphatic heterocycles. The zero-order valence-electron chi connectivity index (χ0n) is 18.9. The van der Waals surface area contributed by atoms with Crippen LogP contribution in [0.15, 0.2) is 47.5 Å². The second-order valence-electron chi connectivity index (χ2n) is 7.30. The Balaban J connectivity index is 0.00000512. The van der Waals surface area contributed by atoms with Gasteiger partial charge in [-0.15, -0.1) is 24.0 Å². The topological polar surface area (TPSA) is 85.8 Å². The van der Waals surface area contributed by atoms with Crippen molar-refractivity contribution in [2.24, 2.45) is 4.99 Å². The van der Waals surface area contributed by atoms with Crippen molar-refractivity contribution in [3.8, 4) is 0 Å². The standard InChI is InChI=1S/C23H30ClN5O2.HI/c1-5-25-23(27-15-17-7-9-18(10-8-17)22(31)29(3)4)26-13-12-21(30)28-20-11-6-16(2)14-19(20)24;/h6-11,14H,5,12-13,15H2,1-4H3,(H,28,30)(H2,25,26,27);1H. The van der Waals surface area contributed by atoms with Crippen molar-refractivity contribution in [1.82, 2.24) is 15.5 Å². The number of halogens is 2. The van der Waals surface area contributed by atoms with Crippen LogP contribution in [0.1, 0.15) is 34.8 Å². The van der Waals surface area contributed by atoms with Gasteiger partial charge in [0.1, 0.15) is 0 Å². The van der Waals surface area contributed by atoms with Crippen LogP contribution in [0.2, 0.25) is 5.02 Å². The molecule has 0 saturated heterocycles. The lowest BCUT2D eigenvalue weighted by molar-refractivity contribution is -0.116. The smallest absolute Gasteiger partial charge is 0.253 e. The average Bonchev–Trinajstić information content (AvgIpc) is 2.74. The highest BCUT2D eigenvalue weighted by molar-refractivity contribution is 14.0. The van der Waals surface area contributed by atoms with Gasteiger partial charge < -0.3 is 20.9 Å². The SMILES string of the molecule is CCNC(=NCc1ccc(C(=O)N(C)C)cc1)NCCC(=O)Nc1ccc(C)cc1Cl.I. The lowest BCUT2D eigenvalue weighted by Crippen LogP contribution is -2.38.